The van der Waals surface area contributed by atoms with Crippen LogP contribution in [0.4, 0.5) is 4.39 Å². The van der Waals surface area contributed by atoms with Crippen LogP contribution in [0.2, 0.25) is 0 Å². The van der Waals surface area contributed by atoms with Gasteiger partial charge in [0, 0.05) is 42.9 Å². The van der Waals surface area contributed by atoms with Crippen molar-refractivity contribution < 1.29 is 14.3 Å². The number of rotatable bonds is 7. The molecule has 6 nitrogen and oxygen atoms in total. The minimum atomic E-state index is -0.415. The highest BCUT2D eigenvalue weighted by molar-refractivity contribution is 5.80. The van der Waals surface area contributed by atoms with Gasteiger partial charge in [0.2, 0.25) is 5.91 Å². The van der Waals surface area contributed by atoms with Crippen LogP contribution >= 0.6 is 0 Å². The molecule has 2 aromatic rings. The lowest BCUT2D eigenvalue weighted by atomic mass is 9.86. The molecule has 31 heavy (non-hydrogen) atoms. The third-order valence-corrected chi connectivity index (χ3v) is 6.64. The molecule has 0 saturated carbocycles. The Hall–Kier alpha value is -2.51. The number of carbonyl (C=O) groups excluding carboxylic acids is 1. The first-order valence-corrected chi connectivity index (χ1v) is 11.2. The maximum atomic E-state index is 13.7. The van der Waals surface area contributed by atoms with Crippen molar-refractivity contribution in [2.75, 3.05) is 19.7 Å². The fraction of sp³-hybridized carbons (Fsp3) is 0.500. The van der Waals surface area contributed by atoms with Crippen LogP contribution in [0.5, 0.6) is 0 Å². The molecule has 4 atom stereocenters. The van der Waals surface area contributed by atoms with E-state index in [1.165, 1.54) is 12.1 Å². The molecule has 1 amide bonds. The number of benzene rings is 1. The van der Waals surface area contributed by atoms with Gasteiger partial charge < -0.3 is 15.0 Å². The van der Waals surface area contributed by atoms with E-state index in [-0.39, 0.29) is 41.9 Å². The molecule has 2 N–H and O–H groups in total. The van der Waals surface area contributed by atoms with Gasteiger partial charge in [0.05, 0.1) is 12.0 Å². The lowest BCUT2D eigenvalue weighted by Crippen LogP contribution is -2.47. The Morgan fingerprint density at radius 1 is 1.23 bits per heavy atom. The largest absolute Gasteiger partial charge is 0.396 e. The lowest BCUT2D eigenvalue weighted by Gasteiger charge is -2.38. The molecule has 4 rings (SSSR count). The van der Waals surface area contributed by atoms with Crippen LogP contribution in [0.25, 0.3) is 11.1 Å². The Morgan fingerprint density at radius 2 is 2.03 bits per heavy atom. The molecular formula is C24H30FN3O3. The molecule has 3 heterocycles. The normalized spacial score (nSPS) is 24.8. The number of fused-ring (bicyclic) bond motifs is 4. The Kier molecular flexibility index (Phi) is 6.25. The van der Waals surface area contributed by atoms with Crippen molar-refractivity contribution in [1.29, 1.82) is 0 Å². The summed E-state index contributed by atoms with van der Waals surface area (Å²) in [6.07, 6.45) is 1.75. The zero-order valence-corrected chi connectivity index (χ0v) is 18.1. The van der Waals surface area contributed by atoms with E-state index in [4.69, 9.17) is 0 Å². The van der Waals surface area contributed by atoms with Gasteiger partial charge in [0.15, 0.2) is 0 Å². The van der Waals surface area contributed by atoms with Gasteiger partial charge in [-0.15, -0.1) is 0 Å². The number of hydrogen-bond acceptors (Lipinski definition) is 4. The van der Waals surface area contributed by atoms with Crippen molar-refractivity contribution in [3.63, 3.8) is 0 Å². The SMILES string of the molecule is CCCNC(=O)[C@H]1[C@H](CO)[C@H]2Cn3c(ccc(-c4cccc(F)c4)c3=O)[C@@H]1N2CCC. The van der Waals surface area contributed by atoms with Gasteiger partial charge in [0.25, 0.3) is 5.56 Å². The van der Waals surface area contributed by atoms with Gasteiger partial charge in [0.1, 0.15) is 5.82 Å². The van der Waals surface area contributed by atoms with E-state index in [2.05, 4.69) is 17.1 Å². The average molecular weight is 428 g/mol. The van der Waals surface area contributed by atoms with Gasteiger partial charge in [-0.3, -0.25) is 14.5 Å². The molecule has 166 valence electrons. The quantitative estimate of drug-likeness (QED) is 0.712. The first kappa shape index (κ1) is 21.7. The van der Waals surface area contributed by atoms with Gasteiger partial charge >= 0.3 is 0 Å². The van der Waals surface area contributed by atoms with Crippen molar-refractivity contribution in [1.82, 2.24) is 14.8 Å². The summed E-state index contributed by atoms with van der Waals surface area (Å²) in [6, 6.07) is 9.31. The number of amides is 1. The summed E-state index contributed by atoms with van der Waals surface area (Å²) in [7, 11) is 0. The summed E-state index contributed by atoms with van der Waals surface area (Å²) in [4.78, 5) is 28.8. The number of aromatic nitrogens is 1. The molecule has 0 unspecified atom stereocenters. The standard InChI is InChI=1S/C24H30FN3O3/c1-3-10-26-23(30)21-18(14-29)20-13-28-19(22(21)27(20)11-4-2)9-8-17(24(28)31)15-6-5-7-16(25)12-15/h5-9,12,18,20-22,29H,3-4,10-11,13-14H2,1-2H3,(H,26,30)/t18-,20-,21+,22+/m1/s1. The summed E-state index contributed by atoms with van der Waals surface area (Å²) in [5, 5.41) is 13.2. The second-order valence-corrected chi connectivity index (χ2v) is 8.51. The van der Waals surface area contributed by atoms with Gasteiger partial charge in [-0.1, -0.05) is 26.0 Å². The van der Waals surface area contributed by atoms with Gasteiger partial charge in [-0.05, 0) is 49.2 Å². The summed E-state index contributed by atoms with van der Waals surface area (Å²) >= 11 is 0. The predicted molar refractivity (Wildman–Crippen MR) is 117 cm³/mol. The maximum Gasteiger partial charge on any atom is 0.258 e. The Bertz CT molecular complexity index is 1020. The predicted octanol–water partition coefficient (Wildman–Crippen LogP) is 2.55. The summed E-state index contributed by atoms with van der Waals surface area (Å²) < 4.78 is 15.5. The Balaban J connectivity index is 1.81. The fourth-order valence-electron chi connectivity index (χ4n) is 5.33. The van der Waals surface area contributed by atoms with Crippen molar-refractivity contribution in [3.8, 4) is 11.1 Å². The number of hydrogen-bond donors (Lipinski definition) is 2. The zero-order valence-electron chi connectivity index (χ0n) is 18.1. The first-order valence-electron chi connectivity index (χ1n) is 11.2. The summed E-state index contributed by atoms with van der Waals surface area (Å²) in [6.45, 7) is 5.78. The molecule has 1 saturated heterocycles. The molecule has 2 bridgehead atoms. The van der Waals surface area contributed by atoms with Crippen LogP contribution in [0.1, 0.15) is 38.4 Å². The molecule has 0 spiro atoms. The number of nitrogens with zero attached hydrogens (tertiary/aromatic N) is 2. The second kappa shape index (κ2) is 8.93. The number of aliphatic hydroxyl groups excluding tert-OH is 1. The molecule has 2 aliphatic heterocycles. The monoisotopic (exact) mass is 427 g/mol. The molecule has 1 aromatic carbocycles. The van der Waals surface area contributed by atoms with Crippen LogP contribution in [0.3, 0.4) is 0 Å². The first-order chi connectivity index (χ1) is 15.0. The highest BCUT2D eigenvalue weighted by Gasteiger charge is 2.55. The smallest absolute Gasteiger partial charge is 0.258 e. The third kappa shape index (κ3) is 3.70. The number of pyridine rings is 1. The summed E-state index contributed by atoms with van der Waals surface area (Å²) in [5.41, 5.74) is 1.60. The van der Waals surface area contributed by atoms with Crippen molar-refractivity contribution in [2.45, 2.75) is 45.3 Å². The Labute approximate surface area is 181 Å². The minimum absolute atomic E-state index is 0.0652. The molecule has 2 aliphatic rings. The summed E-state index contributed by atoms with van der Waals surface area (Å²) in [5.74, 6) is -1.11. The topological polar surface area (TPSA) is 74.6 Å². The number of aliphatic hydroxyl groups is 1. The van der Waals surface area contributed by atoms with E-state index in [1.54, 1.807) is 22.8 Å². The number of carbonyl (C=O) groups is 1. The fourth-order valence-corrected chi connectivity index (χ4v) is 5.33. The zero-order chi connectivity index (χ0) is 22.1. The third-order valence-electron chi connectivity index (χ3n) is 6.64. The van der Waals surface area contributed by atoms with E-state index in [0.29, 0.717) is 24.2 Å². The van der Waals surface area contributed by atoms with Crippen LogP contribution in [0, 0.1) is 17.7 Å². The van der Waals surface area contributed by atoms with Gasteiger partial charge in [-0.25, -0.2) is 4.39 Å². The van der Waals surface area contributed by atoms with Crippen LogP contribution < -0.4 is 10.9 Å². The lowest BCUT2D eigenvalue weighted by molar-refractivity contribution is -0.127. The van der Waals surface area contributed by atoms with Crippen molar-refractivity contribution >= 4 is 5.91 Å². The van der Waals surface area contributed by atoms with Crippen LogP contribution in [-0.2, 0) is 11.3 Å². The van der Waals surface area contributed by atoms with Crippen molar-refractivity contribution in [3.05, 3.63) is 58.3 Å². The molecule has 7 heteroatoms. The molecule has 0 aliphatic carbocycles. The molecular weight excluding hydrogens is 397 g/mol. The average Bonchev–Trinajstić information content (AvgIpc) is 2.97. The maximum absolute atomic E-state index is 13.7. The Morgan fingerprint density at radius 3 is 2.71 bits per heavy atom. The highest BCUT2D eigenvalue weighted by Crippen LogP contribution is 2.48. The van der Waals surface area contributed by atoms with E-state index >= 15 is 0 Å². The van der Waals surface area contributed by atoms with Gasteiger partial charge in [-0.2, -0.15) is 0 Å². The molecule has 1 fully saturated rings. The van der Waals surface area contributed by atoms with E-state index in [0.717, 1.165) is 25.1 Å². The van der Waals surface area contributed by atoms with E-state index < -0.39 is 5.92 Å². The van der Waals surface area contributed by atoms with Crippen LogP contribution in [-0.4, -0.2) is 46.2 Å². The van der Waals surface area contributed by atoms with Crippen molar-refractivity contribution in [2.24, 2.45) is 11.8 Å². The molecule has 1 aromatic heterocycles. The second-order valence-electron chi connectivity index (χ2n) is 8.51. The van der Waals surface area contributed by atoms with Crippen LogP contribution in [0.15, 0.2) is 41.2 Å². The van der Waals surface area contributed by atoms with E-state index in [1.807, 2.05) is 13.0 Å². The molecule has 0 radical (unpaired) electrons. The number of nitrogens with one attached hydrogen (secondary N) is 1. The highest BCUT2D eigenvalue weighted by atomic mass is 19.1. The number of halogens is 1. The minimum Gasteiger partial charge on any atom is -0.396 e. The van der Waals surface area contributed by atoms with E-state index in [9.17, 15) is 19.1 Å².